The van der Waals surface area contributed by atoms with Crippen molar-refractivity contribution in [2.75, 3.05) is 20.0 Å². The first kappa shape index (κ1) is 17.8. The minimum Gasteiger partial charge on any atom is -0.462 e. The largest absolute Gasteiger partial charge is 0.462 e. The van der Waals surface area contributed by atoms with E-state index in [-0.39, 0.29) is 6.61 Å². The minimum atomic E-state index is -0.446. The highest BCUT2D eigenvalue weighted by molar-refractivity contribution is 9.10. The van der Waals surface area contributed by atoms with Crippen LogP contribution < -0.4 is 4.84 Å². The number of halogens is 1. The molecule has 0 aliphatic rings. The second-order valence-electron chi connectivity index (χ2n) is 5.03. The van der Waals surface area contributed by atoms with Gasteiger partial charge in [0.15, 0.2) is 5.16 Å². The molecule has 0 amide bonds. The van der Waals surface area contributed by atoms with Crippen molar-refractivity contribution in [2.24, 2.45) is 0 Å². The number of nitrogens with zero attached hydrogens (tertiary/aromatic N) is 3. The Morgan fingerprint density at radius 1 is 1.40 bits per heavy atom. The molecule has 0 fully saturated rings. The van der Waals surface area contributed by atoms with Gasteiger partial charge in [-0.15, -0.1) is 0 Å². The molecule has 0 unspecified atom stereocenters. The highest BCUT2D eigenvalue weighted by atomic mass is 79.9. The van der Waals surface area contributed by atoms with E-state index in [2.05, 4.69) is 25.9 Å². The average molecular weight is 422 g/mol. The van der Waals surface area contributed by atoms with Gasteiger partial charge >= 0.3 is 5.97 Å². The topological polar surface area (TPSA) is 66.2 Å². The monoisotopic (exact) mass is 421 g/mol. The number of rotatable bonds is 5. The molecular weight excluding hydrogens is 406 g/mol. The van der Waals surface area contributed by atoms with Gasteiger partial charge < -0.3 is 9.57 Å². The molecule has 0 aliphatic carbocycles. The van der Waals surface area contributed by atoms with Gasteiger partial charge in [0.05, 0.1) is 18.5 Å². The third-order valence-electron chi connectivity index (χ3n) is 3.64. The normalized spacial score (nSPS) is 10.9. The van der Waals surface area contributed by atoms with Gasteiger partial charge in [0.25, 0.3) is 0 Å². The van der Waals surface area contributed by atoms with Crippen LogP contribution in [-0.4, -0.2) is 40.6 Å². The van der Waals surface area contributed by atoms with Gasteiger partial charge in [0.1, 0.15) is 18.2 Å². The zero-order valence-corrected chi connectivity index (χ0v) is 16.3. The Morgan fingerprint density at radius 3 is 2.88 bits per heavy atom. The van der Waals surface area contributed by atoms with Crippen LogP contribution in [0.15, 0.2) is 40.2 Å². The van der Waals surface area contributed by atoms with E-state index >= 15 is 0 Å². The summed E-state index contributed by atoms with van der Waals surface area (Å²) < 4.78 is 7.69. The van der Waals surface area contributed by atoms with Gasteiger partial charge in [-0.2, -0.15) is 4.73 Å². The summed E-state index contributed by atoms with van der Waals surface area (Å²) in [5.74, 6) is -0.446. The number of hydrogen-bond donors (Lipinski definition) is 0. The van der Waals surface area contributed by atoms with Gasteiger partial charge in [-0.1, -0.05) is 23.9 Å². The Balaban J connectivity index is 2.30. The van der Waals surface area contributed by atoms with E-state index in [1.165, 1.54) is 18.0 Å². The van der Waals surface area contributed by atoms with Gasteiger partial charge in [0, 0.05) is 21.6 Å². The van der Waals surface area contributed by atoms with Crippen molar-refractivity contribution < 1.29 is 14.4 Å². The van der Waals surface area contributed by atoms with Crippen molar-refractivity contribution >= 4 is 44.6 Å². The Morgan fingerprint density at radius 2 is 2.20 bits per heavy atom. The summed E-state index contributed by atoms with van der Waals surface area (Å²) >= 11 is 4.96. The molecule has 2 heterocycles. The lowest BCUT2D eigenvalue weighted by atomic mass is 10.1. The molecule has 1 aromatic carbocycles. The van der Waals surface area contributed by atoms with Crippen molar-refractivity contribution in [3.63, 3.8) is 0 Å². The lowest BCUT2D eigenvalue weighted by Crippen LogP contribution is -2.09. The number of fused-ring (bicyclic) bond motifs is 1. The molecule has 0 aliphatic heterocycles. The third-order valence-corrected chi connectivity index (χ3v) is 4.84. The zero-order valence-electron chi connectivity index (χ0n) is 13.9. The minimum absolute atomic E-state index is 0.286. The van der Waals surface area contributed by atoms with Crippen LogP contribution in [0.4, 0.5) is 0 Å². The molecule has 0 atom stereocenters. The van der Waals surface area contributed by atoms with E-state index in [0.717, 1.165) is 20.9 Å². The fraction of sp³-hybridized carbons (Fsp3) is 0.235. The molecule has 3 rings (SSSR count). The first-order chi connectivity index (χ1) is 12.1. The lowest BCUT2D eigenvalue weighted by Gasteiger charge is -2.08. The van der Waals surface area contributed by atoms with Gasteiger partial charge in [0.2, 0.25) is 0 Å². The average Bonchev–Trinajstić information content (AvgIpc) is 3.01. The van der Waals surface area contributed by atoms with Crippen molar-refractivity contribution in [3.05, 3.63) is 40.6 Å². The molecule has 0 bridgehead atoms. The maximum absolute atomic E-state index is 12.4. The van der Waals surface area contributed by atoms with E-state index < -0.39 is 5.97 Å². The second-order valence-corrected chi connectivity index (χ2v) is 6.65. The summed E-state index contributed by atoms with van der Waals surface area (Å²) in [4.78, 5) is 26.6. The first-order valence-electron chi connectivity index (χ1n) is 7.53. The third kappa shape index (κ3) is 3.23. The molecule has 8 heteroatoms. The van der Waals surface area contributed by atoms with Crippen LogP contribution in [-0.2, 0) is 4.74 Å². The second kappa shape index (κ2) is 7.45. The molecule has 130 valence electrons. The highest BCUT2D eigenvalue weighted by Gasteiger charge is 2.22. The molecule has 0 N–H and O–H groups in total. The van der Waals surface area contributed by atoms with Crippen LogP contribution in [0.5, 0.6) is 0 Å². The molecule has 0 radical (unpaired) electrons. The molecule has 0 saturated heterocycles. The number of esters is 1. The van der Waals surface area contributed by atoms with Crippen molar-refractivity contribution in [1.82, 2.24) is 14.7 Å². The fourth-order valence-corrected chi connectivity index (χ4v) is 3.45. The summed E-state index contributed by atoms with van der Waals surface area (Å²) in [7, 11) is 1.59. The van der Waals surface area contributed by atoms with Crippen LogP contribution in [0.3, 0.4) is 0 Å². The molecular formula is C17H16BrN3O3S. The number of thioether (sulfide) groups is 1. The molecule has 6 nitrogen and oxygen atoms in total. The summed E-state index contributed by atoms with van der Waals surface area (Å²) in [5, 5.41) is 1.49. The number of hydrogen-bond acceptors (Lipinski definition) is 6. The molecule has 3 aromatic rings. The Kier molecular flexibility index (Phi) is 5.29. The Hall–Kier alpha value is -2.06. The number of aromatic nitrogens is 3. The van der Waals surface area contributed by atoms with Crippen molar-refractivity contribution in [1.29, 1.82) is 0 Å². The van der Waals surface area contributed by atoms with Gasteiger partial charge in [-0.25, -0.2) is 14.8 Å². The Labute approximate surface area is 157 Å². The predicted molar refractivity (Wildman–Crippen MR) is 101 cm³/mol. The number of benzene rings is 1. The maximum atomic E-state index is 12.4. The van der Waals surface area contributed by atoms with Crippen molar-refractivity contribution in [2.45, 2.75) is 12.1 Å². The van der Waals surface area contributed by atoms with Gasteiger partial charge in [-0.3, -0.25) is 0 Å². The van der Waals surface area contributed by atoms with Crippen LogP contribution in [0.25, 0.3) is 22.2 Å². The van der Waals surface area contributed by atoms with E-state index in [4.69, 9.17) is 9.57 Å². The van der Waals surface area contributed by atoms with E-state index in [1.54, 1.807) is 18.8 Å². The standard InChI is InChI=1S/C17H16BrN3O3S/c1-4-24-16(22)11-8-19-17(25-3)20-14(11)12-9-21(23-2)15-10(12)6-5-7-13(15)18/h5-9H,4H2,1-3H3. The number of para-hydroxylation sites is 1. The summed E-state index contributed by atoms with van der Waals surface area (Å²) in [6.07, 6.45) is 5.21. The number of carbonyl (C=O) groups excluding carboxylic acids is 1. The van der Waals surface area contributed by atoms with Crippen molar-refractivity contribution in [3.8, 4) is 11.3 Å². The van der Waals surface area contributed by atoms with Crippen LogP contribution in [0, 0.1) is 0 Å². The quantitative estimate of drug-likeness (QED) is 0.354. The highest BCUT2D eigenvalue weighted by Crippen LogP contribution is 2.35. The van der Waals surface area contributed by atoms with Gasteiger partial charge in [-0.05, 0) is 35.2 Å². The summed E-state index contributed by atoms with van der Waals surface area (Å²) in [6.45, 7) is 2.05. The van der Waals surface area contributed by atoms with Crippen LogP contribution >= 0.6 is 27.7 Å². The SMILES string of the molecule is CCOC(=O)c1cnc(SC)nc1-c1cn(OC)c2c(Br)cccc12. The van der Waals surface area contributed by atoms with E-state index in [9.17, 15) is 4.79 Å². The van der Waals surface area contributed by atoms with Crippen LogP contribution in [0.2, 0.25) is 0 Å². The fourth-order valence-electron chi connectivity index (χ4n) is 2.57. The summed E-state index contributed by atoms with van der Waals surface area (Å²) in [5.41, 5.74) is 2.49. The van der Waals surface area contributed by atoms with E-state index in [1.807, 2.05) is 30.7 Å². The van der Waals surface area contributed by atoms with Crippen LogP contribution in [0.1, 0.15) is 17.3 Å². The Bertz CT molecular complexity index is 942. The van der Waals surface area contributed by atoms with E-state index in [0.29, 0.717) is 16.4 Å². The zero-order chi connectivity index (χ0) is 18.0. The first-order valence-corrected chi connectivity index (χ1v) is 9.55. The lowest BCUT2D eigenvalue weighted by molar-refractivity contribution is 0.0526. The number of carbonyl (C=O) groups is 1. The molecule has 25 heavy (non-hydrogen) atoms. The summed E-state index contributed by atoms with van der Waals surface area (Å²) in [6, 6.07) is 5.82. The predicted octanol–water partition coefficient (Wildman–Crippen LogP) is 3.82. The molecule has 0 spiro atoms. The number of ether oxygens (including phenoxy) is 1. The molecule has 2 aromatic heterocycles. The molecule has 0 saturated carbocycles. The maximum Gasteiger partial charge on any atom is 0.341 e. The smallest absolute Gasteiger partial charge is 0.341 e.